The molecule has 0 radical (unpaired) electrons. The largest absolute Gasteiger partial charge is 0.497 e. The minimum Gasteiger partial charge on any atom is -0.497 e. The lowest BCUT2D eigenvalue weighted by atomic mass is 9.80. The average molecular weight is 414 g/mol. The maximum atomic E-state index is 13.0. The highest BCUT2D eigenvalue weighted by Crippen LogP contribution is 2.43. The van der Waals surface area contributed by atoms with Crippen LogP contribution in [0, 0.1) is 12.8 Å². The van der Waals surface area contributed by atoms with Crippen LogP contribution in [0.3, 0.4) is 0 Å². The molecule has 3 aromatic rings. The second-order valence-corrected chi connectivity index (χ2v) is 8.02. The fraction of sp³-hybridized carbons (Fsp3) is 0.375. The molecule has 6 heteroatoms. The van der Waals surface area contributed by atoms with E-state index in [9.17, 15) is 13.2 Å². The smallest absolute Gasteiger partial charge is 0.391 e. The van der Waals surface area contributed by atoms with E-state index in [0.717, 1.165) is 28.4 Å². The maximum Gasteiger partial charge on any atom is 0.391 e. The molecule has 30 heavy (non-hydrogen) atoms. The number of alkyl halides is 3. The van der Waals surface area contributed by atoms with E-state index in [-0.39, 0.29) is 18.8 Å². The molecule has 1 aromatic heterocycles. The Balaban J connectivity index is 1.68. The fourth-order valence-corrected chi connectivity index (χ4v) is 4.17. The van der Waals surface area contributed by atoms with Crippen molar-refractivity contribution in [1.82, 2.24) is 9.78 Å². The fourth-order valence-electron chi connectivity index (χ4n) is 4.17. The first-order valence-corrected chi connectivity index (χ1v) is 10.2. The van der Waals surface area contributed by atoms with Crippen LogP contribution in [0.15, 0.2) is 54.6 Å². The van der Waals surface area contributed by atoms with Crippen molar-refractivity contribution in [2.24, 2.45) is 5.92 Å². The minimum atomic E-state index is -4.10. The lowest BCUT2D eigenvalue weighted by molar-refractivity contribution is -0.182. The molecule has 2 aromatic carbocycles. The molecule has 0 saturated heterocycles. The van der Waals surface area contributed by atoms with Crippen LogP contribution in [0.4, 0.5) is 13.2 Å². The van der Waals surface area contributed by atoms with Crippen molar-refractivity contribution < 1.29 is 17.9 Å². The van der Waals surface area contributed by atoms with Crippen LogP contribution in [-0.2, 0) is 0 Å². The Morgan fingerprint density at radius 3 is 2.13 bits per heavy atom. The highest BCUT2D eigenvalue weighted by atomic mass is 19.4. The Bertz CT molecular complexity index is 983. The predicted octanol–water partition coefficient (Wildman–Crippen LogP) is 6.69. The number of benzene rings is 2. The van der Waals surface area contributed by atoms with Gasteiger partial charge in [-0.2, -0.15) is 18.3 Å². The summed E-state index contributed by atoms with van der Waals surface area (Å²) < 4.78 is 46.3. The van der Waals surface area contributed by atoms with Gasteiger partial charge in [-0.15, -0.1) is 0 Å². The molecule has 0 spiro atoms. The summed E-state index contributed by atoms with van der Waals surface area (Å²) in [4.78, 5) is 0. The molecule has 158 valence electrons. The maximum absolute atomic E-state index is 13.0. The second-order valence-electron chi connectivity index (χ2n) is 8.02. The molecule has 3 nitrogen and oxygen atoms in total. The molecule has 0 bridgehead atoms. The van der Waals surface area contributed by atoms with Crippen molar-refractivity contribution in [2.75, 3.05) is 7.11 Å². The van der Waals surface area contributed by atoms with Gasteiger partial charge in [0.1, 0.15) is 5.75 Å². The van der Waals surface area contributed by atoms with Gasteiger partial charge in [0.25, 0.3) is 0 Å². The summed E-state index contributed by atoms with van der Waals surface area (Å²) >= 11 is 0. The van der Waals surface area contributed by atoms with E-state index >= 15 is 0 Å². The Labute approximate surface area is 174 Å². The molecule has 1 saturated carbocycles. The molecular weight excluding hydrogens is 389 g/mol. The molecule has 4 rings (SSSR count). The lowest BCUT2D eigenvalue weighted by Crippen LogP contribution is -2.27. The summed E-state index contributed by atoms with van der Waals surface area (Å²) in [6.45, 7) is 2.04. The number of halogens is 3. The first-order chi connectivity index (χ1) is 14.3. The van der Waals surface area contributed by atoms with Crippen molar-refractivity contribution in [3.05, 3.63) is 65.9 Å². The monoisotopic (exact) mass is 414 g/mol. The van der Waals surface area contributed by atoms with Crippen LogP contribution >= 0.6 is 0 Å². The molecular formula is C24H25F3N2O. The number of hydrogen-bond acceptors (Lipinski definition) is 2. The van der Waals surface area contributed by atoms with Crippen LogP contribution in [-0.4, -0.2) is 23.1 Å². The van der Waals surface area contributed by atoms with Gasteiger partial charge >= 0.3 is 6.18 Å². The summed E-state index contributed by atoms with van der Waals surface area (Å²) in [5, 5.41) is 4.84. The third-order valence-electron chi connectivity index (χ3n) is 6.00. The van der Waals surface area contributed by atoms with Crippen molar-refractivity contribution in [3.63, 3.8) is 0 Å². The van der Waals surface area contributed by atoms with Crippen LogP contribution in [0.25, 0.3) is 16.9 Å². The number of rotatable bonds is 4. The molecule has 0 aliphatic heterocycles. The number of ether oxygens (including phenoxy) is 1. The Morgan fingerprint density at radius 1 is 0.933 bits per heavy atom. The van der Waals surface area contributed by atoms with E-state index in [0.29, 0.717) is 12.8 Å². The van der Waals surface area contributed by atoms with E-state index in [2.05, 4.69) is 24.3 Å². The van der Waals surface area contributed by atoms with E-state index < -0.39 is 12.1 Å². The zero-order valence-electron chi connectivity index (χ0n) is 17.1. The molecule has 0 unspecified atom stereocenters. The van der Waals surface area contributed by atoms with E-state index in [1.807, 2.05) is 41.9 Å². The van der Waals surface area contributed by atoms with Gasteiger partial charge in [-0.1, -0.05) is 29.8 Å². The second kappa shape index (κ2) is 8.17. The quantitative estimate of drug-likeness (QED) is 0.475. The highest BCUT2D eigenvalue weighted by Gasteiger charge is 2.42. The molecule has 0 amide bonds. The van der Waals surface area contributed by atoms with Crippen LogP contribution in [0.2, 0.25) is 0 Å². The number of nitrogens with zero attached hydrogens (tertiary/aromatic N) is 2. The first-order valence-electron chi connectivity index (χ1n) is 10.2. The number of hydrogen-bond donors (Lipinski definition) is 0. The van der Waals surface area contributed by atoms with Gasteiger partial charge in [0.05, 0.1) is 30.1 Å². The Hall–Kier alpha value is -2.76. The van der Waals surface area contributed by atoms with Crippen LogP contribution in [0.5, 0.6) is 5.75 Å². The molecule has 1 aliphatic rings. The summed E-state index contributed by atoms with van der Waals surface area (Å²) in [6.07, 6.45) is -2.73. The number of aromatic nitrogens is 2. The van der Waals surface area contributed by atoms with Gasteiger partial charge in [-0.3, -0.25) is 0 Å². The zero-order valence-corrected chi connectivity index (χ0v) is 17.1. The normalized spacial score (nSPS) is 19.6. The molecule has 1 aliphatic carbocycles. The van der Waals surface area contributed by atoms with E-state index in [1.54, 1.807) is 7.11 Å². The van der Waals surface area contributed by atoms with Gasteiger partial charge in [-0.05, 0) is 62.9 Å². The van der Waals surface area contributed by atoms with E-state index in [4.69, 9.17) is 9.84 Å². The summed E-state index contributed by atoms with van der Waals surface area (Å²) in [6, 6.07) is 17.9. The van der Waals surface area contributed by atoms with Gasteiger partial charge in [-0.25, -0.2) is 4.68 Å². The predicted molar refractivity (Wildman–Crippen MR) is 111 cm³/mol. The van der Waals surface area contributed by atoms with Crippen molar-refractivity contribution in [1.29, 1.82) is 0 Å². The van der Waals surface area contributed by atoms with Gasteiger partial charge in [0.2, 0.25) is 0 Å². The highest BCUT2D eigenvalue weighted by molar-refractivity contribution is 5.63. The summed E-state index contributed by atoms with van der Waals surface area (Å²) in [7, 11) is 1.62. The van der Waals surface area contributed by atoms with Gasteiger partial charge in [0.15, 0.2) is 0 Å². The molecule has 0 N–H and O–H groups in total. The molecule has 1 fully saturated rings. The molecule has 0 atom stereocenters. The third-order valence-corrected chi connectivity index (χ3v) is 6.00. The van der Waals surface area contributed by atoms with Gasteiger partial charge in [0, 0.05) is 11.5 Å². The summed E-state index contributed by atoms with van der Waals surface area (Å²) in [5.74, 6) is -0.380. The lowest BCUT2D eigenvalue weighted by Gasteiger charge is -2.28. The van der Waals surface area contributed by atoms with Crippen LogP contribution < -0.4 is 4.74 Å². The molecule has 1 heterocycles. The third kappa shape index (κ3) is 4.23. The van der Waals surface area contributed by atoms with E-state index in [1.165, 1.54) is 5.56 Å². The van der Waals surface area contributed by atoms with Crippen molar-refractivity contribution in [3.8, 4) is 22.7 Å². The summed E-state index contributed by atoms with van der Waals surface area (Å²) in [5.41, 5.74) is 4.89. The first kappa shape index (κ1) is 20.5. The minimum absolute atomic E-state index is 0.0484. The average Bonchev–Trinajstić information content (AvgIpc) is 3.19. The Morgan fingerprint density at radius 2 is 1.57 bits per heavy atom. The Kier molecular flexibility index (Phi) is 5.58. The number of methoxy groups -OCH3 is 1. The van der Waals surface area contributed by atoms with Crippen LogP contribution in [0.1, 0.15) is 42.9 Å². The standard InChI is InChI=1S/C24H25F3N2O/c1-16-3-5-18(6-4-16)23-15-22(17-7-9-19(10-8-17)24(25,26)27)28-29(23)20-11-13-21(30-2)14-12-20/h3-6,11-15,17,19H,7-10H2,1-2H3. The number of aryl methyl sites for hydroxylation is 1. The SMILES string of the molecule is COc1ccc(-n2nc(C3CCC(C(F)(F)F)CC3)cc2-c2ccc(C)cc2)cc1. The van der Waals surface area contributed by atoms with Gasteiger partial charge < -0.3 is 4.74 Å². The topological polar surface area (TPSA) is 27.1 Å². The van der Waals surface area contributed by atoms with Crippen molar-refractivity contribution in [2.45, 2.75) is 44.7 Å². The van der Waals surface area contributed by atoms with Crippen molar-refractivity contribution >= 4 is 0 Å². The zero-order chi connectivity index (χ0) is 21.3.